The van der Waals surface area contributed by atoms with Gasteiger partial charge >= 0.3 is 5.97 Å². The van der Waals surface area contributed by atoms with Gasteiger partial charge in [-0.15, -0.1) is 11.3 Å². The van der Waals surface area contributed by atoms with E-state index in [1.807, 2.05) is 12.1 Å². The largest absolute Gasteiger partial charge is 0.477 e. The van der Waals surface area contributed by atoms with Crippen molar-refractivity contribution in [3.05, 3.63) is 75.3 Å². The zero-order valence-electron chi connectivity index (χ0n) is 21.2. The van der Waals surface area contributed by atoms with E-state index < -0.39 is 11.8 Å². The molecule has 0 aliphatic carbocycles. The number of rotatable bonds is 9. The molecule has 0 amide bonds. The van der Waals surface area contributed by atoms with E-state index in [-0.39, 0.29) is 12.7 Å². The van der Waals surface area contributed by atoms with Crippen LogP contribution in [0.2, 0.25) is 5.02 Å². The summed E-state index contributed by atoms with van der Waals surface area (Å²) < 4.78 is 27.7. The van der Waals surface area contributed by atoms with Crippen molar-refractivity contribution in [2.45, 2.75) is 51.0 Å². The lowest BCUT2D eigenvalue weighted by Crippen LogP contribution is -2.35. The van der Waals surface area contributed by atoms with E-state index in [9.17, 15) is 14.3 Å². The molecule has 39 heavy (non-hydrogen) atoms. The van der Waals surface area contributed by atoms with Crippen LogP contribution in [0.4, 0.5) is 4.39 Å². The number of hydrogen-bond donors (Lipinski definition) is 1. The molecule has 3 aromatic heterocycles. The predicted molar refractivity (Wildman–Crippen MR) is 146 cm³/mol. The lowest BCUT2D eigenvalue weighted by molar-refractivity contribution is -0.0592. The van der Waals surface area contributed by atoms with Gasteiger partial charge in [0.25, 0.3) is 0 Å². The molecule has 0 saturated carbocycles. The highest BCUT2D eigenvalue weighted by atomic mass is 35.5. The van der Waals surface area contributed by atoms with Gasteiger partial charge in [-0.2, -0.15) is 0 Å². The molecule has 2 aliphatic heterocycles. The Morgan fingerprint density at radius 1 is 1.18 bits per heavy atom. The summed E-state index contributed by atoms with van der Waals surface area (Å²) in [4.78, 5) is 24.5. The molecule has 0 spiro atoms. The molecule has 2 saturated heterocycles. The number of carboxylic acids is 1. The first-order valence-electron chi connectivity index (χ1n) is 13.0. The molecule has 1 aromatic carbocycles. The van der Waals surface area contributed by atoms with Crippen LogP contribution in [-0.2, 0) is 24.4 Å². The van der Waals surface area contributed by atoms with Gasteiger partial charge in [-0.1, -0.05) is 23.7 Å². The molecular weight excluding hydrogens is 543 g/mol. The van der Waals surface area contributed by atoms with Crippen LogP contribution in [0.5, 0.6) is 5.88 Å². The molecule has 4 aromatic rings. The maximum absolute atomic E-state index is 14.1. The molecule has 2 fully saturated rings. The minimum absolute atomic E-state index is 0.0852. The van der Waals surface area contributed by atoms with Gasteiger partial charge in [0.2, 0.25) is 5.88 Å². The van der Waals surface area contributed by atoms with Gasteiger partial charge in [-0.05, 0) is 56.6 Å². The highest BCUT2D eigenvalue weighted by Gasteiger charge is 2.27. The van der Waals surface area contributed by atoms with E-state index in [1.165, 1.54) is 17.4 Å². The smallest absolute Gasteiger partial charge is 0.346 e. The normalized spacial score (nSPS) is 18.4. The monoisotopic (exact) mass is 570 g/mol. The quantitative estimate of drug-likeness (QED) is 0.275. The number of imidazole rings is 1. The molecule has 5 heterocycles. The minimum Gasteiger partial charge on any atom is -0.477 e. The number of likely N-dealkylation sites (tertiary alicyclic amines) is 1. The zero-order chi connectivity index (χ0) is 26.9. The first-order chi connectivity index (χ1) is 18.9. The molecule has 204 valence electrons. The number of aromatic carboxylic acids is 1. The van der Waals surface area contributed by atoms with Crippen molar-refractivity contribution in [3.8, 4) is 5.88 Å². The average molecular weight is 571 g/mol. The van der Waals surface area contributed by atoms with Gasteiger partial charge in [-0.25, -0.2) is 19.2 Å². The molecule has 11 heteroatoms. The number of piperidine rings is 1. The summed E-state index contributed by atoms with van der Waals surface area (Å²) in [6, 6.07) is 12.0. The third-order valence-electron chi connectivity index (χ3n) is 7.42. The SMILES string of the molecule is O=C(O)c1cc2c(nc(CN3CCC(c4cccc(OCc5ccc(Cl)cc5F)n4)CC3)n2CC2CCO2)s1. The average Bonchev–Trinajstić information content (AvgIpc) is 3.45. The second-order valence-corrected chi connectivity index (χ2v) is 11.5. The number of ether oxygens (including phenoxy) is 2. The maximum atomic E-state index is 14.1. The van der Waals surface area contributed by atoms with E-state index >= 15 is 0 Å². The Bertz CT molecular complexity index is 1500. The number of pyridine rings is 1. The molecule has 6 rings (SSSR count). The molecule has 1 unspecified atom stereocenters. The van der Waals surface area contributed by atoms with Gasteiger partial charge in [-0.3, -0.25) is 4.90 Å². The number of carboxylic acid groups (broad SMARTS) is 1. The van der Waals surface area contributed by atoms with Crippen molar-refractivity contribution in [2.24, 2.45) is 0 Å². The van der Waals surface area contributed by atoms with Crippen molar-refractivity contribution in [1.82, 2.24) is 19.4 Å². The summed E-state index contributed by atoms with van der Waals surface area (Å²) in [6.07, 6.45) is 3.06. The summed E-state index contributed by atoms with van der Waals surface area (Å²) in [6.45, 7) is 4.04. The number of aromatic nitrogens is 3. The molecule has 1 N–H and O–H groups in total. The summed E-state index contributed by atoms with van der Waals surface area (Å²) in [7, 11) is 0. The predicted octanol–water partition coefficient (Wildman–Crippen LogP) is 5.73. The van der Waals surface area contributed by atoms with Crippen molar-refractivity contribution >= 4 is 39.3 Å². The van der Waals surface area contributed by atoms with E-state index in [2.05, 4.69) is 9.47 Å². The Labute approximate surface area is 234 Å². The van der Waals surface area contributed by atoms with Crippen LogP contribution < -0.4 is 4.74 Å². The Hall–Kier alpha value is -3.05. The van der Waals surface area contributed by atoms with E-state index in [4.69, 9.17) is 31.0 Å². The topological polar surface area (TPSA) is 89.7 Å². The maximum Gasteiger partial charge on any atom is 0.346 e. The Kier molecular flexibility index (Phi) is 7.53. The van der Waals surface area contributed by atoms with E-state index in [1.54, 1.807) is 24.3 Å². The molecule has 8 nitrogen and oxygen atoms in total. The van der Waals surface area contributed by atoms with Crippen LogP contribution >= 0.6 is 22.9 Å². The first kappa shape index (κ1) is 26.2. The van der Waals surface area contributed by atoms with Gasteiger partial charge in [0.1, 0.15) is 28.0 Å². The summed E-state index contributed by atoms with van der Waals surface area (Å²) in [5.41, 5.74) is 2.28. The number of benzene rings is 1. The van der Waals surface area contributed by atoms with Crippen molar-refractivity contribution in [1.29, 1.82) is 0 Å². The van der Waals surface area contributed by atoms with Crippen LogP contribution in [0.15, 0.2) is 42.5 Å². The second-order valence-electron chi connectivity index (χ2n) is 10.0. The van der Waals surface area contributed by atoms with Gasteiger partial charge in [0.15, 0.2) is 0 Å². The fourth-order valence-electron chi connectivity index (χ4n) is 5.14. The van der Waals surface area contributed by atoms with E-state index in [0.717, 1.165) is 60.8 Å². The Balaban J connectivity index is 1.09. The van der Waals surface area contributed by atoms with Crippen LogP contribution in [0.25, 0.3) is 10.3 Å². The molecule has 1 atom stereocenters. The number of fused-ring (bicyclic) bond motifs is 1. The number of carbonyl (C=O) groups is 1. The van der Waals surface area contributed by atoms with Crippen LogP contribution in [-0.4, -0.2) is 56.3 Å². The summed E-state index contributed by atoms with van der Waals surface area (Å²) in [5.74, 6) is 0.416. The number of nitrogens with zero attached hydrogens (tertiary/aromatic N) is 4. The highest BCUT2D eigenvalue weighted by Crippen LogP contribution is 2.31. The minimum atomic E-state index is -0.923. The van der Waals surface area contributed by atoms with Crippen molar-refractivity contribution in [2.75, 3.05) is 19.7 Å². The van der Waals surface area contributed by atoms with Gasteiger partial charge < -0.3 is 19.1 Å². The zero-order valence-corrected chi connectivity index (χ0v) is 22.8. The second kappa shape index (κ2) is 11.2. The Morgan fingerprint density at radius 3 is 2.72 bits per heavy atom. The van der Waals surface area contributed by atoms with Crippen LogP contribution in [0.1, 0.15) is 51.9 Å². The summed E-state index contributed by atoms with van der Waals surface area (Å²) in [5, 5.41) is 9.76. The fourth-order valence-corrected chi connectivity index (χ4v) is 6.19. The molecule has 0 radical (unpaired) electrons. The fraction of sp³-hybridized carbons (Fsp3) is 0.393. The van der Waals surface area contributed by atoms with E-state index in [0.29, 0.717) is 40.4 Å². The molecule has 0 bridgehead atoms. The van der Waals surface area contributed by atoms with Crippen LogP contribution in [0.3, 0.4) is 0 Å². The van der Waals surface area contributed by atoms with Crippen molar-refractivity contribution in [3.63, 3.8) is 0 Å². The Morgan fingerprint density at radius 2 is 2.00 bits per heavy atom. The van der Waals surface area contributed by atoms with Gasteiger partial charge in [0.05, 0.1) is 24.7 Å². The third kappa shape index (κ3) is 5.79. The highest BCUT2D eigenvalue weighted by molar-refractivity contribution is 7.20. The van der Waals surface area contributed by atoms with Crippen molar-refractivity contribution < 1.29 is 23.8 Å². The lowest BCUT2D eigenvalue weighted by Gasteiger charge is -2.32. The molecular formula is C28H28ClFN4O4S. The third-order valence-corrected chi connectivity index (χ3v) is 8.66. The number of hydrogen-bond acceptors (Lipinski definition) is 7. The molecule has 2 aliphatic rings. The van der Waals surface area contributed by atoms with Gasteiger partial charge in [0, 0.05) is 34.9 Å². The summed E-state index contributed by atoms with van der Waals surface area (Å²) >= 11 is 7.06. The first-order valence-corrected chi connectivity index (χ1v) is 14.2. The standard InChI is InChI=1S/C28H28ClFN4O4S/c29-19-5-4-18(21(30)12-19)16-38-26-3-1-2-22(31-26)17-6-9-33(10-7-17)15-25-32-27-23(13-24(39-27)28(35)36)34(25)14-20-8-11-37-20/h1-5,12-13,17,20H,6-11,14-16H2,(H,35,36). The lowest BCUT2D eigenvalue weighted by atomic mass is 9.93. The number of thiophene rings is 1. The van der Waals surface area contributed by atoms with Crippen LogP contribution in [0, 0.1) is 5.82 Å². The number of halogens is 2.